The predicted molar refractivity (Wildman–Crippen MR) is 140 cm³/mol. The van der Waals surface area contributed by atoms with E-state index in [0.717, 1.165) is 38.7 Å². The lowest BCUT2D eigenvalue weighted by Crippen LogP contribution is -2.20. The van der Waals surface area contributed by atoms with Crippen LogP contribution < -0.4 is 10.4 Å². The van der Waals surface area contributed by atoms with E-state index in [1.54, 1.807) is 4.68 Å². The van der Waals surface area contributed by atoms with E-state index >= 15 is 0 Å². The number of aryl methyl sites for hydroxylation is 1. The van der Waals surface area contributed by atoms with Crippen molar-refractivity contribution < 1.29 is 0 Å². The van der Waals surface area contributed by atoms with Crippen molar-refractivity contribution in [3.05, 3.63) is 116 Å². The lowest BCUT2D eigenvalue weighted by atomic mass is 10.1. The molecule has 0 bridgehead atoms. The molecule has 0 saturated carbocycles. The summed E-state index contributed by atoms with van der Waals surface area (Å²) in [6.07, 6.45) is 0. The SMILES string of the molecule is Cc1cccc(-n2c(-c3ccc(Cl)cc3)csc2=Nc2c(C)n(C)n(-c3ccccc3)c2=O)c1. The molecule has 0 unspecified atom stereocenters. The fraction of sp³-hybridized carbons (Fsp3) is 0.111. The molecule has 0 atom stereocenters. The maximum Gasteiger partial charge on any atom is 0.297 e. The van der Waals surface area contributed by atoms with Crippen molar-refractivity contribution in [3.8, 4) is 22.6 Å². The summed E-state index contributed by atoms with van der Waals surface area (Å²) >= 11 is 7.63. The van der Waals surface area contributed by atoms with Gasteiger partial charge in [-0.25, -0.2) is 9.67 Å². The van der Waals surface area contributed by atoms with Crippen LogP contribution >= 0.6 is 22.9 Å². The second-order valence-corrected chi connectivity index (χ2v) is 9.38. The van der Waals surface area contributed by atoms with Crippen LogP contribution in [0.4, 0.5) is 5.69 Å². The van der Waals surface area contributed by atoms with Crippen molar-refractivity contribution in [2.24, 2.45) is 12.0 Å². The lowest BCUT2D eigenvalue weighted by Gasteiger charge is -2.10. The van der Waals surface area contributed by atoms with Crippen LogP contribution in [0.15, 0.2) is 94.0 Å². The standard InChI is InChI=1S/C27H23ClN4OS/c1-18-8-7-11-23(16-18)31-24(20-12-14-21(28)15-13-20)17-34-27(31)29-25-19(2)30(3)32(26(25)33)22-9-5-4-6-10-22/h4-17H,1-3H3. The Balaban J connectivity index is 1.77. The molecule has 3 aromatic carbocycles. The fourth-order valence-corrected chi connectivity index (χ4v) is 5.04. The Kier molecular flexibility index (Phi) is 5.86. The molecule has 0 aliphatic carbocycles. The van der Waals surface area contributed by atoms with Crippen LogP contribution in [0, 0.1) is 13.8 Å². The number of hydrogen-bond donors (Lipinski definition) is 0. The maximum atomic E-state index is 13.5. The molecule has 0 spiro atoms. The predicted octanol–water partition coefficient (Wildman–Crippen LogP) is 6.20. The van der Waals surface area contributed by atoms with Gasteiger partial charge in [-0.3, -0.25) is 14.0 Å². The Labute approximate surface area is 206 Å². The first-order chi connectivity index (χ1) is 16.4. The molecule has 5 nitrogen and oxygen atoms in total. The number of thiazole rings is 1. The molecule has 170 valence electrons. The topological polar surface area (TPSA) is 44.2 Å². The zero-order valence-corrected chi connectivity index (χ0v) is 20.6. The molecule has 5 aromatic rings. The van der Waals surface area contributed by atoms with Gasteiger partial charge in [0.15, 0.2) is 10.5 Å². The third-order valence-corrected chi connectivity index (χ3v) is 6.92. The van der Waals surface area contributed by atoms with E-state index < -0.39 is 0 Å². The molecule has 0 radical (unpaired) electrons. The van der Waals surface area contributed by atoms with Crippen LogP contribution in [0.1, 0.15) is 11.3 Å². The van der Waals surface area contributed by atoms with E-state index in [1.165, 1.54) is 11.3 Å². The minimum absolute atomic E-state index is 0.150. The molecule has 2 aromatic heterocycles. The highest BCUT2D eigenvalue weighted by Gasteiger charge is 2.17. The van der Waals surface area contributed by atoms with Crippen LogP contribution in [0.2, 0.25) is 5.02 Å². The summed E-state index contributed by atoms with van der Waals surface area (Å²) < 4.78 is 5.60. The van der Waals surface area contributed by atoms with Gasteiger partial charge in [-0.2, -0.15) is 0 Å². The number of halogens is 1. The molecule has 34 heavy (non-hydrogen) atoms. The minimum Gasteiger partial charge on any atom is -0.285 e. The third kappa shape index (κ3) is 3.95. The van der Waals surface area contributed by atoms with Gasteiger partial charge in [0.2, 0.25) is 0 Å². The van der Waals surface area contributed by atoms with Gasteiger partial charge in [0.25, 0.3) is 5.56 Å². The summed E-state index contributed by atoms with van der Waals surface area (Å²) in [5, 5.41) is 2.76. The van der Waals surface area contributed by atoms with Crippen molar-refractivity contribution >= 4 is 28.6 Å². The van der Waals surface area contributed by atoms with Gasteiger partial charge in [0.05, 0.1) is 17.1 Å². The second-order valence-electron chi connectivity index (χ2n) is 8.11. The van der Waals surface area contributed by atoms with E-state index in [9.17, 15) is 4.79 Å². The van der Waals surface area contributed by atoms with Crippen molar-refractivity contribution in [2.75, 3.05) is 0 Å². The third-order valence-electron chi connectivity index (χ3n) is 5.84. The molecular weight excluding hydrogens is 464 g/mol. The van der Waals surface area contributed by atoms with Gasteiger partial charge in [-0.15, -0.1) is 11.3 Å². The average Bonchev–Trinajstić information content (AvgIpc) is 3.35. The van der Waals surface area contributed by atoms with Gasteiger partial charge < -0.3 is 0 Å². The first-order valence-electron chi connectivity index (χ1n) is 10.9. The number of benzene rings is 3. The van der Waals surface area contributed by atoms with Crippen LogP contribution in [0.3, 0.4) is 0 Å². The van der Waals surface area contributed by atoms with Crippen LogP contribution in [0.25, 0.3) is 22.6 Å². The van der Waals surface area contributed by atoms with Gasteiger partial charge in [0.1, 0.15) is 0 Å². The van der Waals surface area contributed by atoms with Crippen molar-refractivity contribution in [2.45, 2.75) is 13.8 Å². The Hall–Kier alpha value is -3.61. The molecule has 0 aliphatic heterocycles. The number of aromatic nitrogens is 3. The average molecular weight is 487 g/mol. The summed E-state index contributed by atoms with van der Waals surface area (Å²) in [6.45, 7) is 3.99. The van der Waals surface area contributed by atoms with E-state index in [2.05, 4.69) is 35.1 Å². The second kappa shape index (κ2) is 8.97. The number of nitrogens with zero attached hydrogens (tertiary/aromatic N) is 4. The summed E-state index contributed by atoms with van der Waals surface area (Å²) in [7, 11) is 1.88. The Morgan fingerprint density at radius 1 is 0.882 bits per heavy atom. The van der Waals surface area contributed by atoms with Gasteiger partial charge in [-0.05, 0) is 61.4 Å². The van der Waals surface area contributed by atoms with E-state index in [-0.39, 0.29) is 5.56 Å². The monoisotopic (exact) mass is 486 g/mol. The van der Waals surface area contributed by atoms with Gasteiger partial charge >= 0.3 is 0 Å². The summed E-state index contributed by atoms with van der Waals surface area (Å²) in [4.78, 5) is 19.1. The number of hydrogen-bond acceptors (Lipinski definition) is 3. The molecule has 0 N–H and O–H groups in total. The minimum atomic E-state index is -0.150. The highest BCUT2D eigenvalue weighted by molar-refractivity contribution is 7.07. The van der Waals surface area contributed by atoms with Gasteiger partial charge in [-0.1, -0.05) is 54.1 Å². The Bertz CT molecular complexity index is 1610. The lowest BCUT2D eigenvalue weighted by molar-refractivity contribution is 0.630. The highest BCUT2D eigenvalue weighted by Crippen LogP contribution is 2.26. The molecule has 0 fully saturated rings. The zero-order valence-electron chi connectivity index (χ0n) is 19.1. The summed E-state index contributed by atoms with van der Waals surface area (Å²) in [5.74, 6) is 0. The maximum absolute atomic E-state index is 13.5. The Morgan fingerprint density at radius 2 is 1.59 bits per heavy atom. The van der Waals surface area contributed by atoms with E-state index in [0.29, 0.717) is 10.7 Å². The van der Waals surface area contributed by atoms with Crippen LogP contribution in [0.5, 0.6) is 0 Å². The highest BCUT2D eigenvalue weighted by atomic mass is 35.5. The number of rotatable bonds is 4. The normalized spacial score (nSPS) is 11.8. The number of para-hydroxylation sites is 1. The summed E-state index contributed by atoms with van der Waals surface area (Å²) in [5.41, 5.74) is 6.03. The molecule has 5 rings (SSSR count). The largest absolute Gasteiger partial charge is 0.297 e. The molecule has 0 amide bonds. The summed E-state index contributed by atoms with van der Waals surface area (Å²) in [6, 6.07) is 25.6. The molecule has 0 saturated heterocycles. The molecule has 0 aliphatic rings. The first-order valence-corrected chi connectivity index (χ1v) is 12.1. The molecule has 7 heteroatoms. The Morgan fingerprint density at radius 3 is 2.29 bits per heavy atom. The van der Waals surface area contributed by atoms with E-state index in [1.807, 2.05) is 79.3 Å². The molecule has 2 heterocycles. The zero-order chi connectivity index (χ0) is 23.8. The molecular formula is C27H23ClN4OS. The van der Waals surface area contributed by atoms with Gasteiger partial charge in [0, 0.05) is 23.1 Å². The van der Waals surface area contributed by atoms with Crippen molar-refractivity contribution in [3.63, 3.8) is 0 Å². The fourth-order valence-electron chi connectivity index (χ4n) is 4.01. The van der Waals surface area contributed by atoms with Crippen LogP contribution in [-0.2, 0) is 7.05 Å². The van der Waals surface area contributed by atoms with E-state index in [4.69, 9.17) is 16.6 Å². The van der Waals surface area contributed by atoms with Crippen LogP contribution in [-0.4, -0.2) is 13.9 Å². The van der Waals surface area contributed by atoms with Crippen molar-refractivity contribution in [1.29, 1.82) is 0 Å². The smallest absolute Gasteiger partial charge is 0.285 e. The van der Waals surface area contributed by atoms with Crippen molar-refractivity contribution in [1.82, 2.24) is 13.9 Å². The quantitative estimate of drug-likeness (QED) is 0.298. The first kappa shape index (κ1) is 22.2.